The molecule has 18 heteroatoms. The van der Waals surface area contributed by atoms with Gasteiger partial charge in [-0.15, -0.1) is 0 Å². The number of hydrogen-bond donors (Lipinski definition) is 1. The van der Waals surface area contributed by atoms with Crippen molar-refractivity contribution in [3.05, 3.63) is 128 Å². The minimum Gasteiger partial charge on any atom is -0.456 e. The van der Waals surface area contributed by atoms with Crippen molar-refractivity contribution in [3.8, 4) is 34.1 Å². The second-order valence-electron chi connectivity index (χ2n) is 12.8. The summed E-state index contributed by atoms with van der Waals surface area (Å²) in [7, 11) is -10.8. The monoisotopic (exact) mass is 828 g/mol. The van der Waals surface area contributed by atoms with E-state index in [2.05, 4.69) is 0 Å². The summed E-state index contributed by atoms with van der Waals surface area (Å²) in [6, 6.07) is 10.4. The molecule has 0 heterocycles. The van der Waals surface area contributed by atoms with E-state index in [1.54, 1.807) is 26.0 Å². The number of benzene rings is 5. The summed E-state index contributed by atoms with van der Waals surface area (Å²) in [5, 5.41) is 0. The van der Waals surface area contributed by atoms with Gasteiger partial charge in [0, 0.05) is 16.7 Å². The number of carbonyl (C=O) groups excluding carboxylic acids is 1. The van der Waals surface area contributed by atoms with Crippen molar-refractivity contribution in [2.75, 3.05) is 0 Å². The molecule has 296 valence electrons. The van der Waals surface area contributed by atoms with Gasteiger partial charge >= 0.3 is 0 Å². The fourth-order valence-corrected chi connectivity index (χ4v) is 8.08. The van der Waals surface area contributed by atoms with Gasteiger partial charge in [0.15, 0.2) is 40.7 Å². The molecule has 8 nitrogen and oxygen atoms in total. The van der Waals surface area contributed by atoms with E-state index in [4.69, 9.17) is 9.47 Å². The van der Waals surface area contributed by atoms with Gasteiger partial charge in [-0.2, -0.15) is 17.2 Å². The quantitative estimate of drug-likeness (QED) is 0.0639. The summed E-state index contributed by atoms with van der Waals surface area (Å²) in [6.07, 6.45) is 0. The molecular formula is C38H28F8O8S2. The normalized spacial score (nSPS) is 11.9. The number of hydrogen-bond acceptors (Lipinski definition) is 7. The van der Waals surface area contributed by atoms with Crippen molar-refractivity contribution < 1.29 is 70.8 Å². The van der Waals surface area contributed by atoms with E-state index in [0.717, 1.165) is 0 Å². The summed E-state index contributed by atoms with van der Waals surface area (Å²) in [6.45, 7) is 7.96. The smallest absolute Gasteiger partial charge is 0.269 e. The lowest BCUT2D eigenvalue weighted by Gasteiger charge is -2.19. The molecule has 0 aromatic heterocycles. The Labute approximate surface area is 315 Å². The van der Waals surface area contributed by atoms with Crippen molar-refractivity contribution in [3.63, 3.8) is 0 Å². The number of sulfone groups is 1. The van der Waals surface area contributed by atoms with Crippen molar-refractivity contribution >= 4 is 25.7 Å². The van der Waals surface area contributed by atoms with Crippen LogP contribution in [0.25, 0.3) is 11.1 Å². The molecule has 0 amide bonds. The molecular weight excluding hydrogens is 801 g/mol. The fourth-order valence-electron chi connectivity index (χ4n) is 5.95. The Balaban J connectivity index is 1.51. The predicted octanol–water partition coefficient (Wildman–Crippen LogP) is 10.0. The third-order valence-corrected chi connectivity index (χ3v) is 11.1. The zero-order valence-electron chi connectivity index (χ0n) is 29.9. The Hall–Kier alpha value is -5.33. The Bertz CT molecular complexity index is 2630. The van der Waals surface area contributed by atoms with Crippen molar-refractivity contribution in [1.82, 2.24) is 0 Å². The van der Waals surface area contributed by atoms with Crippen LogP contribution in [0.1, 0.15) is 50.7 Å². The minimum atomic E-state index is -6.32. The van der Waals surface area contributed by atoms with Crippen LogP contribution in [0.15, 0.2) is 52.3 Å². The number of carbonyl (C=O) groups is 1. The standard InChI is InChI=1S/C38H28F8O8S2/c1-15-9-22(10-16(2)34(15)53-25-8-7-21(20(6)47)13-24(25)14-55(48,49)50)23-11-17(3)35(18(4)12-23)54-36-28(41)32(45)38(33(46)29(36)42)56(51,52)37-30(43)26(39)19(5)27(40)31(37)44/h7-13H,14H2,1-6H3,(H,48,49,50). The molecule has 0 saturated heterocycles. The Morgan fingerprint density at radius 1 is 0.571 bits per heavy atom. The molecule has 5 rings (SSSR count). The van der Waals surface area contributed by atoms with Crippen LogP contribution >= 0.6 is 0 Å². The molecule has 0 aliphatic heterocycles. The largest absolute Gasteiger partial charge is 0.456 e. The van der Waals surface area contributed by atoms with E-state index in [1.165, 1.54) is 51.1 Å². The van der Waals surface area contributed by atoms with E-state index >= 15 is 17.6 Å². The molecule has 56 heavy (non-hydrogen) atoms. The van der Waals surface area contributed by atoms with Crippen LogP contribution in [-0.2, 0) is 25.7 Å². The van der Waals surface area contributed by atoms with E-state index in [1.807, 2.05) is 0 Å². The van der Waals surface area contributed by atoms with Gasteiger partial charge < -0.3 is 9.47 Å². The maximum absolute atomic E-state index is 15.3. The average Bonchev–Trinajstić information content (AvgIpc) is 3.09. The zero-order valence-corrected chi connectivity index (χ0v) is 31.5. The molecule has 0 saturated carbocycles. The molecule has 0 atom stereocenters. The Morgan fingerprint density at radius 3 is 1.36 bits per heavy atom. The average molecular weight is 829 g/mol. The van der Waals surface area contributed by atoms with Gasteiger partial charge in [0.1, 0.15) is 32.8 Å². The number of aryl methyl sites for hydroxylation is 4. The first kappa shape index (κ1) is 41.8. The van der Waals surface area contributed by atoms with Crippen LogP contribution in [0.4, 0.5) is 35.1 Å². The first-order chi connectivity index (χ1) is 25.9. The second kappa shape index (κ2) is 15.0. The summed E-state index contributed by atoms with van der Waals surface area (Å²) < 4.78 is 189. The molecule has 1 N–H and O–H groups in total. The van der Waals surface area contributed by atoms with Crippen LogP contribution < -0.4 is 9.47 Å². The van der Waals surface area contributed by atoms with E-state index in [-0.39, 0.29) is 39.5 Å². The number of rotatable bonds is 10. The van der Waals surface area contributed by atoms with Crippen LogP contribution in [0.2, 0.25) is 0 Å². The fraction of sp³-hybridized carbons (Fsp3) is 0.184. The number of ether oxygens (including phenoxy) is 2. The van der Waals surface area contributed by atoms with E-state index in [9.17, 15) is 43.7 Å². The number of Topliss-reactive ketones (excluding diaryl/α,β-unsaturated/α-hetero) is 1. The highest BCUT2D eigenvalue weighted by Gasteiger charge is 2.41. The lowest BCUT2D eigenvalue weighted by atomic mass is 9.96. The van der Waals surface area contributed by atoms with Crippen LogP contribution in [0.3, 0.4) is 0 Å². The summed E-state index contributed by atoms with van der Waals surface area (Å²) in [5.41, 5.74) is 1.29. The first-order valence-electron chi connectivity index (χ1n) is 16.0. The highest BCUT2D eigenvalue weighted by molar-refractivity contribution is 7.91. The molecule has 0 spiro atoms. The van der Waals surface area contributed by atoms with Gasteiger partial charge in [-0.1, -0.05) is 0 Å². The molecule has 0 radical (unpaired) electrons. The van der Waals surface area contributed by atoms with Gasteiger partial charge in [0.2, 0.25) is 27.2 Å². The summed E-state index contributed by atoms with van der Waals surface area (Å²) in [5.74, 6) is -22.8. The third-order valence-electron chi connectivity index (χ3n) is 8.64. The lowest BCUT2D eigenvalue weighted by Crippen LogP contribution is -2.17. The van der Waals surface area contributed by atoms with Gasteiger partial charge in [-0.25, -0.2) is 34.8 Å². The third kappa shape index (κ3) is 7.60. The summed E-state index contributed by atoms with van der Waals surface area (Å²) in [4.78, 5) is 6.80. The summed E-state index contributed by atoms with van der Waals surface area (Å²) >= 11 is 0. The zero-order chi connectivity index (χ0) is 41.9. The van der Waals surface area contributed by atoms with Gasteiger partial charge in [0.05, 0.1) is 0 Å². The SMILES string of the molecule is CC(=O)c1ccc(Oc2c(C)cc(-c3cc(C)c(Oc4c(F)c(F)c(S(=O)(=O)c5c(F)c(F)c(C)c(F)c5F)c(F)c4F)c(C)c3)cc2C)c(CS(=O)(=O)O)c1. The molecule has 0 fully saturated rings. The van der Waals surface area contributed by atoms with Crippen molar-refractivity contribution in [2.24, 2.45) is 0 Å². The van der Waals surface area contributed by atoms with Gasteiger partial charge in [-0.3, -0.25) is 9.35 Å². The number of halogens is 8. The van der Waals surface area contributed by atoms with E-state index < -0.39 is 93.3 Å². The Kier molecular flexibility index (Phi) is 11.2. The van der Waals surface area contributed by atoms with Crippen molar-refractivity contribution in [2.45, 2.75) is 57.1 Å². The van der Waals surface area contributed by atoms with E-state index in [0.29, 0.717) is 34.9 Å². The molecule has 5 aromatic carbocycles. The number of ketones is 1. The topological polar surface area (TPSA) is 124 Å². The first-order valence-corrected chi connectivity index (χ1v) is 19.1. The minimum absolute atomic E-state index is 0.0219. The van der Waals surface area contributed by atoms with Gasteiger partial charge in [-0.05, 0) is 117 Å². The highest BCUT2D eigenvalue weighted by Crippen LogP contribution is 2.42. The van der Waals surface area contributed by atoms with Gasteiger partial charge in [0.25, 0.3) is 10.1 Å². The molecule has 5 aromatic rings. The second-order valence-corrected chi connectivity index (χ2v) is 16.1. The maximum atomic E-state index is 15.3. The molecule has 0 aliphatic rings. The highest BCUT2D eigenvalue weighted by atomic mass is 32.2. The lowest BCUT2D eigenvalue weighted by molar-refractivity contribution is 0.101. The molecule has 0 unspecified atom stereocenters. The maximum Gasteiger partial charge on any atom is 0.269 e. The van der Waals surface area contributed by atoms with Crippen LogP contribution in [0, 0.1) is 81.2 Å². The van der Waals surface area contributed by atoms with Crippen LogP contribution in [0.5, 0.6) is 23.0 Å². The molecule has 0 aliphatic carbocycles. The molecule has 0 bridgehead atoms. The van der Waals surface area contributed by atoms with Crippen molar-refractivity contribution in [1.29, 1.82) is 0 Å². The predicted molar refractivity (Wildman–Crippen MR) is 185 cm³/mol. The Morgan fingerprint density at radius 2 is 0.964 bits per heavy atom. The van der Waals surface area contributed by atoms with Crippen LogP contribution in [-0.4, -0.2) is 27.2 Å².